The van der Waals surface area contributed by atoms with Crippen molar-refractivity contribution in [3.63, 3.8) is 0 Å². The van der Waals surface area contributed by atoms with Crippen molar-refractivity contribution in [3.8, 4) is 0 Å². The summed E-state index contributed by atoms with van der Waals surface area (Å²) in [5.74, 6) is -2.39. The van der Waals surface area contributed by atoms with Crippen LogP contribution in [0.2, 0.25) is 0 Å². The number of nitrogens with zero attached hydrogens (tertiary/aromatic N) is 5. The number of hydrogen-bond donors (Lipinski definition) is 3. The minimum absolute atomic E-state index is 0.00826. The number of halogens is 3. The zero-order valence-corrected chi connectivity index (χ0v) is 21.0. The van der Waals surface area contributed by atoms with Crippen LogP contribution < -0.4 is 10.6 Å². The molecule has 5 rings (SSSR count). The summed E-state index contributed by atoms with van der Waals surface area (Å²) in [4.78, 5) is 13.7. The normalized spacial score (nSPS) is 23.9. The standard InChI is InChI=1S/C24H30F3N7OS/c1-3-36(2)33-9-8-16(13-33)34-22-20(12-28-23(32-22)29-15-4-6-17(35)7-5-15)30-24(34)31-21-18(26)10-14(25)11-19(21)27/h3,10-12,15-17,35H,4-9,13H2,1-2H3,(H,30,31)(H,28,29,32)/t15?,16-,17?,36?/m1/s1. The minimum atomic E-state index is -1.04. The summed E-state index contributed by atoms with van der Waals surface area (Å²) in [5.41, 5.74) is 0.574. The van der Waals surface area contributed by atoms with E-state index in [2.05, 4.69) is 36.5 Å². The maximum Gasteiger partial charge on any atom is 0.224 e. The Morgan fingerprint density at radius 1 is 1.08 bits per heavy atom. The van der Waals surface area contributed by atoms with E-state index in [9.17, 15) is 18.3 Å². The van der Waals surface area contributed by atoms with Crippen molar-refractivity contribution in [2.45, 2.75) is 57.2 Å². The van der Waals surface area contributed by atoms with E-state index >= 15 is 0 Å². The van der Waals surface area contributed by atoms with Crippen molar-refractivity contribution in [1.29, 1.82) is 0 Å². The van der Waals surface area contributed by atoms with E-state index < -0.39 is 23.1 Å². The van der Waals surface area contributed by atoms with Crippen LogP contribution in [0, 0.1) is 17.5 Å². The van der Waals surface area contributed by atoms with E-state index in [4.69, 9.17) is 4.98 Å². The third-order valence-electron chi connectivity index (χ3n) is 6.95. The Kier molecular flexibility index (Phi) is 7.18. The first-order chi connectivity index (χ1) is 17.3. The van der Waals surface area contributed by atoms with Crippen LogP contribution in [0.5, 0.6) is 0 Å². The lowest BCUT2D eigenvalue weighted by Crippen LogP contribution is -2.29. The van der Waals surface area contributed by atoms with Gasteiger partial charge in [-0.25, -0.2) is 23.1 Å². The third kappa shape index (κ3) is 5.07. The molecule has 194 valence electrons. The Bertz CT molecular complexity index is 1270. The molecule has 2 fully saturated rings. The van der Waals surface area contributed by atoms with Gasteiger partial charge in [-0.3, -0.25) is 8.87 Å². The largest absolute Gasteiger partial charge is 0.393 e. The number of aliphatic hydroxyl groups is 1. The van der Waals surface area contributed by atoms with Crippen LogP contribution in [0.4, 0.5) is 30.8 Å². The smallest absolute Gasteiger partial charge is 0.224 e. The number of imidazole rings is 1. The number of fused-ring (bicyclic) bond motifs is 1. The highest BCUT2D eigenvalue weighted by atomic mass is 32.2. The fourth-order valence-electron chi connectivity index (χ4n) is 4.90. The highest BCUT2D eigenvalue weighted by Crippen LogP contribution is 2.35. The number of rotatable bonds is 6. The molecular weight excluding hydrogens is 491 g/mol. The van der Waals surface area contributed by atoms with Crippen LogP contribution in [0.3, 0.4) is 0 Å². The summed E-state index contributed by atoms with van der Waals surface area (Å²) in [6.07, 6.45) is 7.40. The van der Waals surface area contributed by atoms with Crippen LogP contribution in [0.15, 0.2) is 18.3 Å². The highest BCUT2D eigenvalue weighted by Gasteiger charge is 2.30. The van der Waals surface area contributed by atoms with Crippen LogP contribution in [-0.4, -0.2) is 65.8 Å². The fraction of sp³-hybridized carbons (Fsp3) is 0.500. The molecule has 0 bridgehead atoms. The monoisotopic (exact) mass is 521 g/mol. The van der Waals surface area contributed by atoms with Gasteiger partial charge in [0.15, 0.2) is 17.3 Å². The summed E-state index contributed by atoms with van der Waals surface area (Å²) < 4.78 is 46.7. The van der Waals surface area contributed by atoms with Gasteiger partial charge in [-0.1, -0.05) is 5.37 Å². The Labute approximate surface area is 210 Å². The lowest BCUT2D eigenvalue weighted by molar-refractivity contribution is 0.126. The van der Waals surface area contributed by atoms with Gasteiger partial charge in [0.25, 0.3) is 0 Å². The van der Waals surface area contributed by atoms with E-state index in [0.29, 0.717) is 29.2 Å². The molecule has 0 radical (unpaired) electrons. The summed E-state index contributed by atoms with van der Waals surface area (Å²) in [6, 6.07) is 1.40. The molecule has 3 N–H and O–H groups in total. The van der Waals surface area contributed by atoms with Gasteiger partial charge in [-0.15, -0.1) is 10.7 Å². The molecule has 1 saturated heterocycles. The molecule has 3 aromatic rings. The fourth-order valence-corrected chi connectivity index (χ4v) is 6.00. The third-order valence-corrected chi connectivity index (χ3v) is 8.77. The van der Waals surface area contributed by atoms with Crippen molar-refractivity contribution >= 4 is 44.8 Å². The van der Waals surface area contributed by atoms with Gasteiger partial charge >= 0.3 is 0 Å². The molecule has 3 heterocycles. The molecule has 1 saturated carbocycles. The molecule has 12 heteroatoms. The number of anilines is 3. The van der Waals surface area contributed by atoms with E-state index in [-0.39, 0.29) is 34.8 Å². The second-order valence-corrected chi connectivity index (χ2v) is 11.4. The lowest BCUT2D eigenvalue weighted by atomic mass is 9.93. The first-order valence-electron chi connectivity index (χ1n) is 12.1. The Hall–Kier alpha value is -2.70. The average molecular weight is 522 g/mol. The maximum absolute atomic E-state index is 14.5. The first-order valence-corrected chi connectivity index (χ1v) is 13.8. The van der Waals surface area contributed by atoms with Gasteiger partial charge in [0.2, 0.25) is 11.9 Å². The average Bonchev–Trinajstić information content (AvgIpc) is 3.46. The first kappa shape index (κ1) is 25.0. The Morgan fingerprint density at radius 3 is 2.50 bits per heavy atom. The van der Waals surface area contributed by atoms with Gasteiger partial charge in [0.1, 0.15) is 17.0 Å². The molecule has 1 aliphatic heterocycles. The van der Waals surface area contributed by atoms with E-state index in [1.54, 1.807) is 6.20 Å². The Morgan fingerprint density at radius 2 is 1.81 bits per heavy atom. The van der Waals surface area contributed by atoms with Crippen LogP contribution in [-0.2, 0) is 0 Å². The van der Waals surface area contributed by atoms with Gasteiger partial charge in [-0.05, 0) is 45.3 Å². The predicted molar refractivity (Wildman–Crippen MR) is 137 cm³/mol. The topological polar surface area (TPSA) is 91.1 Å². The molecule has 8 nitrogen and oxygen atoms in total. The SMILES string of the molecule is C/C=S(\C)N1CC[C@@H](n2c(Nc3c(F)cc(F)cc3F)nc3cnc(NC4CCC(O)CC4)nc32)C1. The molecule has 36 heavy (non-hydrogen) atoms. The minimum Gasteiger partial charge on any atom is -0.393 e. The van der Waals surface area contributed by atoms with Crippen molar-refractivity contribution in [1.82, 2.24) is 23.8 Å². The summed E-state index contributed by atoms with van der Waals surface area (Å²) in [7, 11) is -0.00826. The lowest BCUT2D eigenvalue weighted by Gasteiger charge is -2.26. The highest BCUT2D eigenvalue weighted by molar-refractivity contribution is 8.12. The van der Waals surface area contributed by atoms with Crippen molar-refractivity contribution in [3.05, 3.63) is 35.8 Å². The van der Waals surface area contributed by atoms with Gasteiger partial charge in [0, 0.05) is 31.3 Å². The van der Waals surface area contributed by atoms with Crippen LogP contribution in [0.25, 0.3) is 11.2 Å². The molecular formula is C24H30F3N7OS. The van der Waals surface area contributed by atoms with Crippen LogP contribution in [0.1, 0.15) is 45.1 Å². The quantitative estimate of drug-likeness (QED) is 0.409. The molecule has 1 aliphatic carbocycles. The second-order valence-electron chi connectivity index (χ2n) is 9.32. The molecule has 2 atom stereocenters. The number of nitrogens with one attached hydrogen (secondary N) is 2. The number of aromatic nitrogens is 4. The molecule has 1 aromatic carbocycles. The van der Waals surface area contributed by atoms with E-state index in [0.717, 1.165) is 45.2 Å². The van der Waals surface area contributed by atoms with Crippen molar-refractivity contribution < 1.29 is 18.3 Å². The number of aliphatic hydroxyl groups excluding tert-OH is 1. The number of benzene rings is 1. The zero-order valence-electron chi connectivity index (χ0n) is 20.2. The Balaban J connectivity index is 1.52. The van der Waals surface area contributed by atoms with Gasteiger partial charge < -0.3 is 15.7 Å². The van der Waals surface area contributed by atoms with Crippen molar-refractivity contribution in [2.75, 3.05) is 30.0 Å². The van der Waals surface area contributed by atoms with E-state index in [1.165, 1.54) is 0 Å². The second kappa shape index (κ2) is 10.3. The van der Waals surface area contributed by atoms with E-state index in [1.807, 2.05) is 11.5 Å². The molecule has 2 aromatic heterocycles. The molecule has 0 spiro atoms. The summed E-state index contributed by atoms with van der Waals surface area (Å²) in [6.45, 7) is 3.63. The van der Waals surface area contributed by atoms with Crippen LogP contribution >= 0.6 is 10.7 Å². The van der Waals surface area contributed by atoms with Gasteiger partial charge in [-0.2, -0.15) is 4.98 Å². The zero-order chi connectivity index (χ0) is 25.4. The maximum atomic E-state index is 14.5. The summed E-state index contributed by atoms with van der Waals surface area (Å²) >= 11 is 0. The number of hydrogen-bond acceptors (Lipinski definition) is 7. The van der Waals surface area contributed by atoms with Gasteiger partial charge in [0.05, 0.1) is 18.3 Å². The molecule has 2 aliphatic rings. The summed E-state index contributed by atoms with van der Waals surface area (Å²) in [5, 5.41) is 18.1. The molecule has 1 unspecified atom stereocenters. The molecule has 0 amide bonds. The van der Waals surface area contributed by atoms with Crippen molar-refractivity contribution in [2.24, 2.45) is 0 Å². The predicted octanol–water partition coefficient (Wildman–Crippen LogP) is 4.59.